The predicted molar refractivity (Wildman–Crippen MR) is 83.7 cm³/mol. The van der Waals surface area contributed by atoms with Crippen molar-refractivity contribution < 1.29 is 22.8 Å². The molecule has 0 aromatic heterocycles. The zero-order chi connectivity index (χ0) is 17.7. The molecule has 8 heteroatoms. The normalized spacial score (nSPS) is 21.2. The highest BCUT2D eigenvalue weighted by Gasteiger charge is 2.42. The van der Waals surface area contributed by atoms with E-state index in [2.05, 4.69) is 10.6 Å². The van der Waals surface area contributed by atoms with E-state index >= 15 is 0 Å². The summed E-state index contributed by atoms with van der Waals surface area (Å²) in [4.78, 5) is 23.7. The number of hydrogen-bond acceptors (Lipinski definition) is 2. The number of nitrogens with one attached hydrogen (secondary N) is 2. The topological polar surface area (TPSA) is 58.2 Å². The molecule has 0 aliphatic heterocycles. The molecule has 132 valence electrons. The molecule has 0 heterocycles. The van der Waals surface area contributed by atoms with E-state index in [1.807, 2.05) is 0 Å². The first kappa shape index (κ1) is 18.6. The third-order valence-corrected chi connectivity index (χ3v) is 4.23. The zero-order valence-electron chi connectivity index (χ0n) is 12.8. The first-order valence-corrected chi connectivity index (χ1v) is 8.03. The molecule has 0 saturated heterocycles. The number of alkyl halides is 3. The quantitative estimate of drug-likeness (QED) is 0.863. The van der Waals surface area contributed by atoms with Crippen LogP contribution in [0.4, 0.5) is 13.2 Å². The SMILES string of the molecule is O=C(CNC(=O)c1cccc(Cl)c1)NC1CCCC(C(F)(F)F)C1. The van der Waals surface area contributed by atoms with Crippen LogP contribution in [0.5, 0.6) is 0 Å². The minimum absolute atomic E-state index is 0.0986. The summed E-state index contributed by atoms with van der Waals surface area (Å²) in [7, 11) is 0. The van der Waals surface area contributed by atoms with E-state index in [4.69, 9.17) is 11.6 Å². The van der Waals surface area contributed by atoms with Gasteiger partial charge in [-0.2, -0.15) is 13.2 Å². The fourth-order valence-corrected chi connectivity index (χ4v) is 2.98. The highest BCUT2D eigenvalue weighted by molar-refractivity contribution is 6.30. The van der Waals surface area contributed by atoms with Crippen molar-refractivity contribution in [1.82, 2.24) is 10.6 Å². The number of carbonyl (C=O) groups is 2. The van der Waals surface area contributed by atoms with Crippen LogP contribution in [0.3, 0.4) is 0 Å². The molecule has 0 spiro atoms. The summed E-state index contributed by atoms with van der Waals surface area (Å²) in [5, 5.41) is 5.38. The zero-order valence-corrected chi connectivity index (χ0v) is 13.6. The summed E-state index contributed by atoms with van der Waals surface area (Å²) in [6, 6.07) is 5.72. The van der Waals surface area contributed by atoms with Gasteiger partial charge in [0.2, 0.25) is 5.91 Å². The number of hydrogen-bond donors (Lipinski definition) is 2. The average molecular weight is 363 g/mol. The predicted octanol–water partition coefficient (Wildman–Crippen LogP) is 3.31. The minimum Gasteiger partial charge on any atom is -0.352 e. The van der Waals surface area contributed by atoms with Gasteiger partial charge in [-0.15, -0.1) is 0 Å². The lowest BCUT2D eigenvalue weighted by Gasteiger charge is -2.31. The minimum atomic E-state index is -4.23. The van der Waals surface area contributed by atoms with Gasteiger partial charge in [-0.25, -0.2) is 0 Å². The second kappa shape index (κ2) is 7.88. The van der Waals surface area contributed by atoms with Crippen LogP contribution in [-0.2, 0) is 4.79 Å². The molecule has 1 aromatic rings. The Bertz CT molecular complexity index is 607. The Labute approximate surface area is 142 Å². The number of rotatable bonds is 4. The van der Waals surface area contributed by atoms with Crippen LogP contribution < -0.4 is 10.6 Å². The van der Waals surface area contributed by atoms with Crippen LogP contribution in [0.25, 0.3) is 0 Å². The van der Waals surface area contributed by atoms with E-state index < -0.39 is 30.0 Å². The van der Waals surface area contributed by atoms with Gasteiger partial charge in [-0.1, -0.05) is 24.1 Å². The van der Waals surface area contributed by atoms with Gasteiger partial charge in [0.1, 0.15) is 0 Å². The summed E-state index contributed by atoms with van der Waals surface area (Å²) in [6.07, 6.45) is -3.31. The Morgan fingerprint density at radius 2 is 2.00 bits per heavy atom. The van der Waals surface area contributed by atoms with Gasteiger partial charge >= 0.3 is 6.18 Å². The molecule has 0 radical (unpaired) electrons. The molecule has 2 amide bonds. The Morgan fingerprint density at radius 3 is 2.67 bits per heavy atom. The maximum Gasteiger partial charge on any atom is 0.391 e. The van der Waals surface area contributed by atoms with Crippen molar-refractivity contribution in [2.24, 2.45) is 5.92 Å². The van der Waals surface area contributed by atoms with Crippen molar-refractivity contribution >= 4 is 23.4 Å². The molecule has 0 bridgehead atoms. The van der Waals surface area contributed by atoms with Crippen molar-refractivity contribution in [3.05, 3.63) is 34.9 Å². The molecule has 1 fully saturated rings. The third-order valence-electron chi connectivity index (χ3n) is 4.00. The van der Waals surface area contributed by atoms with E-state index in [-0.39, 0.29) is 19.4 Å². The van der Waals surface area contributed by atoms with Crippen LogP contribution in [0.15, 0.2) is 24.3 Å². The Morgan fingerprint density at radius 1 is 1.25 bits per heavy atom. The summed E-state index contributed by atoms with van der Waals surface area (Å²) < 4.78 is 38.2. The lowest BCUT2D eigenvalue weighted by molar-refractivity contribution is -0.184. The number of amides is 2. The van der Waals surface area contributed by atoms with Gasteiger partial charge in [0.15, 0.2) is 0 Å². The standard InChI is InChI=1S/C16H18ClF3N2O2/c17-12-5-1-3-10(7-12)15(24)21-9-14(23)22-13-6-2-4-11(8-13)16(18,19)20/h1,3,5,7,11,13H,2,4,6,8-9H2,(H,21,24)(H,22,23). The molecule has 1 aliphatic carbocycles. The first-order valence-electron chi connectivity index (χ1n) is 7.65. The lowest BCUT2D eigenvalue weighted by atomic mass is 9.85. The molecule has 2 unspecified atom stereocenters. The molecule has 2 atom stereocenters. The summed E-state index contributed by atoms with van der Waals surface area (Å²) >= 11 is 5.78. The largest absolute Gasteiger partial charge is 0.391 e. The van der Waals surface area contributed by atoms with Crippen LogP contribution in [0.1, 0.15) is 36.0 Å². The van der Waals surface area contributed by atoms with Crippen molar-refractivity contribution in [3.63, 3.8) is 0 Å². The molecule has 1 aromatic carbocycles. The molecular weight excluding hydrogens is 345 g/mol. The van der Waals surface area contributed by atoms with E-state index in [0.717, 1.165) is 0 Å². The Kier molecular flexibility index (Phi) is 6.10. The molecule has 2 N–H and O–H groups in total. The Balaban J connectivity index is 1.80. The van der Waals surface area contributed by atoms with E-state index in [0.29, 0.717) is 23.4 Å². The lowest BCUT2D eigenvalue weighted by Crippen LogP contribution is -2.45. The van der Waals surface area contributed by atoms with Gasteiger partial charge in [-0.05, 0) is 37.5 Å². The maximum absolute atomic E-state index is 12.7. The van der Waals surface area contributed by atoms with Crippen molar-refractivity contribution in [2.75, 3.05) is 6.54 Å². The van der Waals surface area contributed by atoms with Crippen LogP contribution >= 0.6 is 11.6 Å². The second-order valence-electron chi connectivity index (χ2n) is 5.86. The van der Waals surface area contributed by atoms with Crippen molar-refractivity contribution in [1.29, 1.82) is 0 Å². The van der Waals surface area contributed by atoms with Gasteiger partial charge in [-0.3, -0.25) is 9.59 Å². The van der Waals surface area contributed by atoms with Crippen LogP contribution in [-0.4, -0.2) is 30.6 Å². The first-order chi connectivity index (χ1) is 11.3. The number of carbonyl (C=O) groups excluding carboxylic acids is 2. The Hall–Kier alpha value is -1.76. The highest BCUT2D eigenvalue weighted by atomic mass is 35.5. The number of benzene rings is 1. The monoisotopic (exact) mass is 362 g/mol. The summed E-state index contributed by atoms with van der Waals surface area (Å²) in [6.45, 7) is -0.293. The molecular formula is C16H18ClF3N2O2. The summed E-state index contributed by atoms with van der Waals surface area (Å²) in [5.74, 6) is -2.35. The highest BCUT2D eigenvalue weighted by Crippen LogP contribution is 2.37. The van der Waals surface area contributed by atoms with Crippen molar-refractivity contribution in [2.45, 2.75) is 37.9 Å². The van der Waals surface area contributed by atoms with Gasteiger partial charge in [0.25, 0.3) is 5.91 Å². The van der Waals surface area contributed by atoms with Crippen LogP contribution in [0.2, 0.25) is 5.02 Å². The van der Waals surface area contributed by atoms with Gasteiger partial charge < -0.3 is 10.6 Å². The van der Waals surface area contributed by atoms with Crippen molar-refractivity contribution in [3.8, 4) is 0 Å². The van der Waals surface area contributed by atoms with Gasteiger partial charge in [0, 0.05) is 16.6 Å². The fraction of sp³-hybridized carbons (Fsp3) is 0.500. The van der Waals surface area contributed by atoms with Crippen LogP contribution in [0, 0.1) is 5.92 Å². The van der Waals surface area contributed by atoms with E-state index in [1.54, 1.807) is 18.2 Å². The second-order valence-corrected chi connectivity index (χ2v) is 6.30. The molecule has 1 aliphatic rings. The molecule has 1 saturated carbocycles. The van der Waals surface area contributed by atoms with Gasteiger partial charge in [0.05, 0.1) is 12.5 Å². The fourth-order valence-electron chi connectivity index (χ4n) is 2.79. The smallest absolute Gasteiger partial charge is 0.352 e. The molecule has 4 nitrogen and oxygen atoms in total. The third kappa shape index (κ3) is 5.40. The number of halogens is 4. The van der Waals surface area contributed by atoms with E-state index in [9.17, 15) is 22.8 Å². The molecule has 24 heavy (non-hydrogen) atoms. The maximum atomic E-state index is 12.7. The molecule has 2 rings (SSSR count). The van der Waals surface area contributed by atoms with E-state index in [1.165, 1.54) is 6.07 Å². The average Bonchev–Trinajstić information content (AvgIpc) is 2.52. The summed E-state index contributed by atoms with van der Waals surface area (Å²) in [5.41, 5.74) is 0.310.